The number of para-hydroxylation sites is 2. The van der Waals surface area contributed by atoms with Crippen molar-refractivity contribution in [1.29, 1.82) is 0 Å². The average Bonchev–Trinajstić information content (AvgIpc) is 3.26. The molecule has 1 amide bonds. The highest BCUT2D eigenvalue weighted by molar-refractivity contribution is 5.92. The molecule has 3 aromatic rings. The topological polar surface area (TPSA) is 85.8 Å². The van der Waals surface area contributed by atoms with Crippen LogP contribution in [0.3, 0.4) is 0 Å². The van der Waals surface area contributed by atoms with E-state index in [2.05, 4.69) is 20.2 Å². The van der Waals surface area contributed by atoms with E-state index in [0.717, 1.165) is 61.4 Å². The Hall–Kier alpha value is -3.39. The molecule has 5 rings (SSSR count). The molecule has 0 spiro atoms. The number of ether oxygens (including phenoxy) is 3. The fourth-order valence-electron chi connectivity index (χ4n) is 4.18. The molecule has 8 nitrogen and oxygen atoms in total. The van der Waals surface area contributed by atoms with Crippen LogP contribution in [-0.4, -0.2) is 53.8 Å². The number of rotatable bonds is 6. The molecule has 0 atom stereocenters. The zero-order valence-electron chi connectivity index (χ0n) is 18.0. The number of nitrogens with one attached hydrogen (secondary N) is 1. The highest BCUT2D eigenvalue weighted by Crippen LogP contribution is 2.35. The van der Waals surface area contributed by atoms with Crippen LogP contribution in [0.2, 0.25) is 0 Å². The number of pyridine rings is 2. The molecule has 1 fully saturated rings. The number of nitrogens with zero attached hydrogens (tertiary/aromatic N) is 3. The largest absolute Gasteiger partial charge is 0.481 e. The molecule has 166 valence electrons. The van der Waals surface area contributed by atoms with Gasteiger partial charge in [-0.1, -0.05) is 12.1 Å². The van der Waals surface area contributed by atoms with E-state index in [4.69, 9.17) is 14.2 Å². The van der Waals surface area contributed by atoms with Gasteiger partial charge in [0, 0.05) is 24.9 Å². The van der Waals surface area contributed by atoms with Crippen LogP contribution in [0, 0.1) is 5.92 Å². The summed E-state index contributed by atoms with van der Waals surface area (Å²) in [5.74, 6) is 2.72. The molecule has 8 heteroatoms. The summed E-state index contributed by atoms with van der Waals surface area (Å²) >= 11 is 0. The van der Waals surface area contributed by atoms with E-state index in [1.165, 1.54) is 0 Å². The van der Waals surface area contributed by atoms with Gasteiger partial charge in [0.2, 0.25) is 18.1 Å². The molecule has 2 aromatic heterocycles. The number of anilines is 1. The van der Waals surface area contributed by atoms with Crippen LogP contribution in [0.5, 0.6) is 17.4 Å². The van der Waals surface area contributed by atoms with Crippen LogP contribution < -0.4 is 19.5 Å². The van der Waals surface area contributed by atoms with Crippen molar-refractivity contribution in [2.24, 2.45) is 5.92 Å². The lowest BCUT2D eigenvalue weighted by molar-refractivity contribution is -0.121. The molecule has 0 saturated carbocycles. The molecular weight excluding hydrogens is 408 g/mol. The molecule has 2 aliphatic rings. The first kappa shape index (κ1) is 20.5. The van der Waals surface area contributed by atoms with Gasteiger partial charge in [0.05, 0.1) is 18.1 Å². The molecule has 0 bridgehead atoms. The predicted molar refractivity (Wildman–Crippen MR) is 120 cm³/mol. The Morgan fingerprint density at radius 3 is 2.44 bits per heavy atom. The first-order valence-electron chi connectivity index (χ1n) is 11.0. The van der Waals surface area contributed by atoms with Gasteiger partial charge in [-0.15, -0.1) is 0 Å². The number of carbonyl (C=O) groups is 1. The van der Waals surface area contributed by atoms with Crippen molar-refractivity contribution in [2.75, 3.05) is 32.1 Å². The Labute approximate surface area is 186 Å². The van der Waals surface area contributed by atoms with Gasteiger partial charge in [-0.2, -0.15) is 0 Å². The van der Waals surface area contributed by atoms with Gasteiger partial charge in [0.25, 0.3) is 0 Å². The van der Waals surface area contributed by atoms with E-state index in [1.807, 2.05) is 36.4 Å². The summed E-state index contributed by atoms with van der Waals surface area (Å²) in [4.78, 5) is 24.0. The zero-order valence-corrected chi connectivity index (χ0v) is 18.0. The predicted octanol–water partition coefficient (Wildman–Crippen LogP) is 3.48. The van der Waals surface area contributed by atoms with E-state index in [1.54, 1.807) is 19.2 Å². The minimum absolute atomic E-state index is 0.0130. The first-order valence-corrected chi connectivity index (χ1v) is 11.0. The highest BCUT2D eigenvalue weighted by Gasteiger charge is 2.28. The van der Waals surface area contributed by atoms with Crippen molar-refractivity contribution in [3.8, 4) is 17.4 Å². The molecule has 0 aliphatic carbocycles. The summed E-state index contributed by atoms with van der Waals surface area (Å²) < 4.78 is 16.8. The van der Waals surface area contributed by atoms with Crippen molar-refractivity contribution >= 4 is 22.8 Å². The molecule has 2 aliphatic heterocycles. The lowest BCUT2D eigenvalue weighted by Gasteiger charge is -2.31. The van der Waals surface area contributed by atoms with Crippen LogP contribution in [0.25, 0.3) is 11.0 Å². The van der Waals surface area contributed by atoms with Crippen molar-refractivity contribution in [1.82, 2.24) is 14.9 Å². The third kappa shape index (κ3) is 4.45. The Morgan fingerprint density at radius 1 is 1.03 bits per heavy atom. The van der Waals surface area contributed by atoms with Crippen LogP contribution in [0.4, 0.5) is 5.82 Å². The maximum atomic E-state index is 12.8. The van der Waals surface area contributed by atoms with Crippen molar-refractivity contribution in [3.05, 3.63) is 48.5 Å². The summed E-state index contributed by atoms with van der Waals surface area (Å²) in [6.45, 7) is 2.65. The number of likely N-dealkylation sites (tertiary alicyclic amines) is 1. The summed E-state index contributed by atoms with van der Waals surface area (Å²) in [6, 6.07) is 15.0. The van der Waals surface area contributed by atoms with Crippen molar-refractivity contribution < 1.29 is 19.0 Å². The van der Waals surface area contributed by atoms with E-state index >= 15 is 0 Å². The average molecular weight is 434 g/mol. The number of hydrogen-bond donors (Lipinski definition) is 1. The smallest absolute Gasteiger partial charge is 0.242 e. The van der Waals surface area contributed by atoms with Gasteiger partial charge < -0.3 is 24.4 Å². The fraction of sp³-hybridized carbons (Fsp3) is 0.375. The zero-order chi connectivity index (χ0) is 21.9. The standard InChI is InChI=1S/C24H26N4O4/c1-30-22-9-7-17-18(26-22)6-8-21(25-17)27-24(29)16-10-13-28(14-11-16)15-12-23-31-19-4-2-3-5-20(19)32-23/h2-9,16,23H,10-15H2,1H3,(H,25,27,29). The fourth-order valence-corrected chi connectivity index (χ4v) is 4.18. The van der Waals surface area contributed by atoms with Crippen LogP contribution in [0.1, 0.15) is 19.3 Å². The molecular formula is C24H26N4O4. The van der Waals surface area contributed by atoms with Gasteiger partial charge in [-0.25, -0.2) is 9.97 Å². The third-order valence-electron chi connectivity index (χ3n) is 5.98. The summed E-state index contributed by atoms with van der Waals surface area (Å²) in [5, 5.41) is 2.97. The molecule has 32 heavy (non-hydrogen) atoms. The minimum atomic E-state index is -0.234. The summed E-state index contributed by atoms with van der Waals surface area (Å²) in [5.41, 5.74) is 1.45. The molecule has 0 radical (unpaired) electrons. The van der Waals surface area contributed by atoms with Crippen LogP contribution in [-0.2, 0) is 4.79 Å². The number of fused-ring (bicyclic) bond motifs is 2. The second kappa shape index (κ2) is 9.00. The number of benzene rings is 1. The van der Waals surface area contributed by atoms with Gasteiger partial charge in [0.1, 0.15) is 5.82 Å². The van der Waals surface area contributed by atoms with E-state index < -0.39 is 0 Å². The van der Waals surface area contributed by atoms with E-state index in [9.17, 15) is 4.79 Å². The second-order valence-corrected chi connectivity index (χ2v) is 8.09. The lowest BCUT2D eigenvalue weighted by atomic mass is 9.96. The minimum Gasteiger partial charge on any atom is -0.481 e. The number of amides is 1. The SMILES string of the molecule is COc1ccc2nc(NC(=O)C3CCN(CCC4Oc5ccccc5O4)CC3)ccc2n1. The van der Waals surface area contributed by atoms with Gasteiger partial charge >= 0.3 is 0 Å². The van der Waals surface area contributed by atoms with Crippen molar-refractivity contribution in [2.45, 2.75) is 25.6 Å². The van der Waals surface area contributed by atoms with Crippen LogP contribution >= 0.6 is 0 Å². The van der Waals surface area contributed by atoms with Gasteiger partial charge in [-0.3, -0.25) is 4.79 Å². The lowest BCUT2D eigenvalue weighted by Crippen LogP contribution is -2.40. The molecule has 1 aromatic carbocycles. The third-order valence-corrected chi connectivity index (χ3v) is 5.98. The molecule has 4 heterocycles. The number of aromatic nitrogens is 2. The number of carbonyl (C=O) groups excluding carboxylic acids is 1. The second-order valence-electron chi connectivity index (χ2n) is 8.09. The maximum absolute atomic E-state index is 12.8. The number of hydrogen-bond acceptors (Lipinski definition) is 7. The Morgan fingerprint density at radius 2 is 1.72 bits per heavy atom. The van der Waals surface area contributed by atoms with E-state index in [-0.39, 0.29) is 18.1 Å². The summed E-state index contributed by atoms with van der Waals surface area (Å²) in [6.07, 6.45) is 2.21. The Balaban J connectivity index is 1.09. The molecule has 0 unspecified atom stereocenters. The van der Waals surface area contributed by atoms with Gasteiger partial charge in [-0.05, 0) is 56.3 Å². The normalized spacial score (nSPS) is 16.9. The van der Waals surface area contributed by atoms with Crippen molar-refractivity contribution in [3.63, 3.8) is 0 Å². The molecule has 1 N–H and O–H groups in total. The summed E-state index contributed by atoms with van der Waals surface area (Å²) in [7, 11) is 1.58. The number of piperidine rings is 1. The molecule has 1 saturated heterocycles. The van der Waals surface area contributed by atoms with E-state index in [0.29, 0.717) is 11.7 Å². The Kier molecular flexibility index (Phi) is 5.77. The maximum Gasteiger partial charge on any atom is 0.242 e. The van der Waals surface area contributed by atoms with Gasteiger partial charge in [0.15, 0.2) is 11.5 Å². The van der Waals surface area contributed by atoms with Crippen LogP contribution in [0.15, 0.2) is 48.5 Å². The quantitative estimate of drug-likeness (QED) is 0.636. The highest BCUT2D eigenvalue weighted by atomic mass is 16.7. The first-order chi connectivity index (χ1) is 15.7. The number of methoxy groups -OCH3 is 1. The Bertz CT molecular complexity index is 1090. The monoisotopic (exact) mass is 434 g/mol.